The smallest absolute Gasteiger partial charge is 0.392 e. The molecule has 0 aliphatic carbocycles. The number of carboxylic acids is 1. The Hall–Kier alpha value is -2.05. The largest absolute Gasteiger partial charge is 0.481 e. The van der Waals surface area contributed by atoms with Crippen LogP contribution in [0.15, 0.2) is 24.3 Å². The van der Waals surface area contributed by atoms with Crippen LogP contribution in [0.3, 0.4) is 0 Å². The Morgan fingerprint density at radius 1 is 1.35 bits per heavy atom. The molecular weight excluding hydrogens is 275 g/mol. The van der Waals surface area contributed by atoms with Gasteiger partial charge in [0.25, 0.3) is 0 Å². The minimum absolute atomic E-state index is 0.220. The van der Waals surface area contributed by atoms with Crippen molar-refractivity contribution in [3.63, 3.8) is 0 Å². The number of benzene rings is 1. The molecule has 1 aromatic rings. The topological polar surface area (TPSA) is 66.4 Å². The molecule has 7 heteroatoms. The van der Waals surface area contributed by atoms with Crippen LogP contribution in [0.1, 0.15) is 18.9 Å². The van der Waals surface area contributed by atoms with E-state index >= 15 is 0 Å². The molecule has 2 N–H and O–H groups in total. The fourth-order valence-electron chi connectivity index (χ4n) is 1.54. The molecule has 0 aliphatic rings. The van der Waals surface area contributed by atoms with Gasteiger partial charge in [0.05, 0.1) is 12.3 Å². The summed E-state index contributed by atoms with van der Waals surface area (Å²) >= 11 is 0. The molecule has 0 aromatic heterocycles. The van der Waals surface area contributed by atoms with E-state index in [0.29, 0.717) is 5.56 Å². The van der Waals surface area contributed by atoms with E-state index in [4.69, 9.17) is 5.11 Å². The lowest BCUT2D eigenvalue weighted by Crippen LogP contribution is -2.25. The Bertz CT molecular complexity index is 500. The minimum Gasteiger partial charge on any atom is -0.481 e. The van der Waals surface area contributed by atoms with Crippen molar-refractivity contribution in [3.8, 4) is 0 Å². The first-order valence-electron chi connectivity index (χ1n) is 5.86. The highest BCUT2D eigenvalue weighted by Gasteiger charge is 2.37. The summed E-state index contributed by atoms with van der Waals surface area (Å²) in [5.41, 5.74) is 0.738. The summed E-state index contributed by atoms with van der Waals surface area (Å²) in [4.78, 5) is 22.0. The Morgan fingerprint density at radius 3 is 2.55 bits per heavy atom. The molecule has 0 spiro atoms. The molecule has 0 saturated heterocycles. The van der Waals surface area contributed by atoms with Crippen LogP contribution in [0.5, 0.6) is 0 Å². The quantitative estimate of drug-likeness (QED) is 0.876. The normalized spacial score (nSPS) is 12.8. The number of alkyl halides is 3. The molecule has 1 amide bonds. The second kappa shape index (κ2) is 6.40. The molecular formula is C13H14F3NO3. The zero-order valence-corrected chi connectivity index (χ0v) is 10.7. The molecule has 0 heterocycles. The summed E-state index contributed by atoms with van der Waals surface area (Å²) in [7, 11) is 0. The van der Waals surface area contributed by atoms with Gasteiger partial charge in [-0.2, -0.15) is 13.2 Å². The van der Waals surface area contributed by atoms with Crippen molar-refractivity contribution in [1.29, 1.82) is 0 Å². The number of anilines is 1. The average molecular weight is 289 g/mol. The van der Waals surface area contributed by atoms with Crippen molar-refractivity contribution >= 4 is 17.6 Å². The van der Waals surface area contributed by atoms with E-state index in [9.17, 15) is 22.8 Å². The molecule has 1 aromatic carbocycles. The first kappa shape index (κ1) is 16.0. The van der Waals surface area contributed by atoms with Gasteiger partial charge in [-0.15, -0.1) is 0 Å². The van der Waals surface area contributed by atoms with Gasteiger partial charge in [-0.05, 0) is 17.7 Å². The summed E-state index contributed by atoms with van der Waals surface area (Å²) in [6.45, 7) is 0.931. The summed E-state index contributed by atoms with van der Waals surface area (Å²) in [5, 5.41) is 11.0. The average Bonchev–Trinajstić information content (AvgIpc) is 2.26. The highest BCUT2D eigenvalue weighted by molar-refractivity contribution is 5.91. The van der Waals surface area contributed by atoms with E-state index in [0.717, 1.165) is 6.92 Å². The number of hydrogen-bond donors (Lipinski definition) is 2. The second-order valence-electron chi connectivity index (χ2n) is 4.47. The van der Waals surface area contributed by atoms with E-state index in [2.05, 4.69) is 5.32 Å². The van der Waals surface area contributed by atoms with Crippen LogP contribution in [-0.4, -0.2) is 23.2 Å². The lowest BCUT2D eigenvalue weighted by Gasteiger charge is -2.15. The molecule has 0 saturated carbocycles. The van der Waals surface area contributed by atoms with E-state index in [1.165, 1.54) is 18.2 Å². The second-order valence-corrected chi connectivity index (χ2v) is 4.47. The van der Waals surface area contributed by atoms with Crippen molar-refractivity contribution < 1.29 is 27.9 Å². The lowest BCUT2D eigenvalue weighted by molar-refractivity contribution is -0.173. The minimum atomic E-state index is -4.41. The highest BCUT2D eigenvalue weighted by atomic mass is 19.4. The summed E-state index contributed by atoms with van der Waals surface area (Å²) < 4.78 is 36.9. The van der Waals surface area contributed by atoms with Crippen LogP contribution in [0, 0.1) is 5.92 Å². The van der Waals surface area contributed by atoms with Crippen molar-refractivity contribution in [2.45, 2.75) is 25.9 Å². The van der Waals surface area contributed by atoms with Gasteiger partial charge in [-0.1, -0.05) is 19.1 Å². The van der Waals surface area contributed by atoms with Crippen molar-refractivity contribution in [2.75, 3.05) is 5.32 Å². The van der Waals surface area contributed by atoms with Gasteiger partial charge in [-0.25, -0.2) is 0 Å². The Morgan fingerprint density at radius 2 is 2.00 bits per heavy atom. The summed E-state index contributed by atoms with van der Waals surface area (Å²) in [6, 6.07) is 6.00. The predicted octanol–water partition coefficient (Wildman–Crippen LogP) is 2.84. The molecule has 1 atom stereocenters. The molecule has 0 radical (unpaired) electrons. The van der Waals surface area contributed by atoms with E-state index in [1.807, 2.05) is 0 Å². The number of carbonyl (C=O) groups is 2. The number of carboxylic acid groups (broad SMARTS) is 1. The standard InChI is InChI=1S/C13H14F3NO3/c1-8(13(14,15)16)5-11(18)17-10-4-2-3-9(6-10)7-12(19)20/h2-4,6,8H,5,7H2,1H3,(H,17,18)(H,19,20). The maximum atomic E-state index is 12.3. The molecule has 110 valence electrons. The molecule has 0 bridgehead atoms. The van der Waals surface area contributed by atoms with Gasteiger partial charge in [0.2, 0.25) is 5.91 Å². The summed E-state index contributed by atoms with van der Waals surface area (Å²) in [6.07, 6.45) is -5.31. The first-order valence-corrected chi connectivity index (χ1v) is 5.86. The Balaban J connectivity index is 2.64. The highest BCUT2D eigenvalue weighted by Crippen LogP contribution is 2.28. The van der Waals surface area contributed by atoms with Gasteiger partial charge in [0, 0.05) is 12.1 Å². The number of carbonyl (C=O) groups excluding carboxylic acids is 1. The van der Waals surface area contributed by atoms with Crippen LogP contribution in [-0.2, 0) is 16.0 Å². The van der Waals surface area contributed by atoms with Crippen LogP contribution < -0.4 is 5.32 Å². The molecule has 0 aliphatic heterocycles. The first-order chi connectivity index (χ1) is 9.18. The number of amides is 1. The fraction of sp³-hybridized carbons (Fsp3) is 0.385. The monoisotopic (exact) mass is 289 g/mol. The van der Waals surface area contributed by atoms with Crippen LogP contribution >= 0.6 is 0 Å². The summed E-state index contributed by atoms with van der Waals surface area (Å²) in [5.74, 6) is -3.52. The van der Waals surface area contributed by atoms with E-state index in [-0.39, 0.29) is 12.1 Å². The lowest BCUT2D eigenvalue weighted by atomic mass is 10.1. The third kappa shape index (κ3) is 5.29. The van der Waals surface area contributed by atoms with Crippen molar-refractivity contribution in [1.82, 2.24) is 0 Å². The molecule has 4 nitrogen and oxygen atoms in total. The van der Waals surface area contributed by atoms with Gasteiger partial charge in [-0.3, -0.25) is 9.59 Å². The van der Waals surface area contributed by atoms with Gasteiger partial charge < -0.3 is 10.4 Å². The van der Waals surface area contributed by atoms with Crippen LogP contribution in [0.25, 0.3) is 0 Å². The third-order valence-corrected chi connectivity index (χ3v) is 2.62. The van der Waals surface area contributed by atoms with Crippen LogP contribution in [0.4, 0.5) is 18.9 Å². The maximum Gasteiger partial charge on any atom is 0.392 e. The predicted molar refractivity (Wildman–Crippen MR) is 66.2 cm³/mol. The number of hydrogen-bond acceptors (Lipinski definition) is 2. The zero-order chi connectivity index (χ0) is 15.3. The molecule has 1 rings (SSSR count). The van der Waals surface area contributed by atoms with Crippen molar-refractivity contribution in [3.05, 3.63) is 29.8 Å². The number of rotatable bonds is 5. The SMILES string of the molecule is CC(CC(=O)Nc1cccc(CC(=O)O)c1)C(F)(F)F. The molecule has 0 fully saturated rings. The number of aliphatic carboxylic acids is 1. The van der Waals surface area contributed by atoms with Gasteiger partial charge in [0.15, 0.2) is 0 Å². The number of halogens is 3. The fourth-order valence-corrected chi connectivity index (χ4v) is 1.54. The third-order valence-electron chi connectivity index (χ3n) is 2.62. The zero-order valence-electron chi connectivity index (χ0n) is 10.7. The van der Waals surface area contributed by atoms with Gasteiger partial charge >= 0.3 is 12.1 Å². The van der Waals surface area contributed by atoms with E-state index < -0.39 is 30.4 Å². The number of nitrogens with one attached hydrogen (secondary N) is 1. The van der Waals surface area contributed by atoms with Gasteiger partial charge in [0.1, 0.15) is 0 Å². The van der Waals surface area contributed by atoms with Crippen molar-refractivity contribution in [2.24, 2.45) is 5.92 Å². The van der Waals surface area contributed by atoms with Crippen LogP contribution in [0.2, 0.25) is 0 Å². The van der Waals surface area contributed by atoms with E-state index in [1.54, 1.807) is 6.07 Å². The maximum absolute atomic E-state index is 12.3. The molecule has 1 unspecified atom stereocenters. The Labute approximate surface area is 113 Å². The Kier molecular flexibility index (Phi) is 5.12. The molecule has 20 heavy (non-hydrogen) atoms.